The van der Waals surface area contributed by atoms with Crippen molar-refractivity contribution in [2.75, 3.05) is 18.5 Å². The first-order valence-corrected chi connectivity index (χ1v) is 8.16. The number of nitrogens with one attached hydrogen (secondary N) is 1. The van der Waals surface area contributed by atoms with Gasteiger partial charge >= 0.3 is 0 Å². The van der Waals surface area contributed by atoms with E-state index in [9.17, 15) is 4.79 Å². The van der Waals surface area contributed by atoms with Gasteiger partial charge in [-0.1, -0.05) is 11.6 Å². The average Bonchev–Trinajstić information content (AvgIpc) is 3.25. The van der Waals surface area contributed by atoms with Gasteiger partial charge < -0.3 is 24.9 Å². The second kappa shape index (κ2) is 7.70. The smallest absolute Gasteiger partial charge is 0.259 e. The molecule has 1 fully saturated rings. The lowest BCUT2D eigenvalue weighted by Gasteiger charge is -2.15. The molecule has 1 aromatic carbocycles. The number of anilines is 1. The van der Waals surface area contributed by atoms with Gasteiger partial charge in [0.1, 0.15) is 24.4 Å². The van der Waals surface area contributed by atoms with Gasteiger partial charge in [-0.15, -0.1) is 0 Å². The zero-order chi connectivity index (χ0) is 16.9. The number of benzene rings is 1. The monoisotopic (exact) mass is 350 g/mol. The van der Waals surface area contributed by atoms with E-state index < -0.39 is 0 Å². The van der Waals surface area contributed by atoms with Crippen LogP contribution < -0.4 is 15.8 Å². The summed E-state index contributed by atoms with van der Waals surface area (Å²) in [5.41, 5.74) is 6.37. The number of rotatable bonds is 6. The Morgan fingerprint density at radius 3 is 3.00 bits per heavy atom. The summed E-state index contributed by atoms with van der Waals surface area (Å²) in [4.78, 5) is 12.3. The van der Waals surface area contributed by atoms with Gasteiger partial charge in [0.15, 0.2) is 0 Å². The molecule has 2 heterocycles. The Kier molecular flexibility index (Phi) is 5.40. The van der Waals surface area contributed by atoms with E-state index in [0.29, 0.717) is 34.4 Å². The van der Waals surface area contributed by atoms with E-state index in [4.69, 9.17) is 31.2 Å². The summed E-state index contributed by atoms with van der Waals surface area (Å²) >= 11 is 6.03. The second-order valence-corrected chi connectivity index (χ2v) is 5.98. The van der Waals surface area contributed by atoms with Gasteiger partial charge in [0, 0.05) is 11.6 Å². The largest absolute Gasteiger partial charge is 0.489 e. The predicted octanol–water partition coefficient (Wildman–Crippen LogP) is 3.20. The quantitative estimate of drug-likeness (QED) is 0.835. The van der Waals surface area contributed by atoms with Gasteiger partial charge in [0.2, 0.25) is 0 Å². The molecular weight excluding hydrogens is 332 g/mol. The first kappa shape index (κ1) is 16.8. The standard InChI is InChI=1S/C17H19ClN2O4/c18-12-3-4-16(24-10-13-2-1-5-22-13)15(7-12)20-17(21)11-6-14(8-19)23-9-11/h3-4,6-7,9,13H,1-2,5,8,10,19H2,(H,20,21). The number of carbonyl (C=O) groups excluding carboxylic acids is 1. The Morgan fingerprint density at radius 1 is 1.42 bits per heavy atom. The Hall–Kier alpha value is -2.02. The molecule has 1 aliphatic rings. The van der Waals surface area contributed by atoms with E-state index in [-0.39, 0.29) is 18.6 Å². The minimum Gasteiger partial charge on any atom is -0.489 e. The number of furan rings is 1. The number of hydrogen-bond donors (Lipinski definition) is 2. The van der Waals surface area contributed by atoms with Crippen molar-refractivity contribution in [2.24, 2.45) is 5.73 Å². The highest BCUT2D eigenvalue weighted by atomic mass is 35.5. The van der Waals surface area contributed by atoms with Crippen LogP contribution in [0.4, 0.5) is 5.69 Å². The van der Waals surface area contributed by atoms with Gasteiger partial charge in [-0.25, -0.2) is 0 Å². The molecule has 3 N–H and O–H groups in total. The Morgan fingerprint density at radius 2 is 2.29 bits per heavy atom. The van der Waals surface area contributed by atoms with Crippen LogP contribution in [-0.2, 0) is 11.3 Å². The van der Waals surface area contributed by atoms with Crippen molar-refractivity contribution in [3.8, 4) is 5.75 Å². The maximum absolute atomic E-state index is 12.3. The molecule has 0 aliphatic carbocycles. The van der Waals surface area contributed by atoms with Crippen LogP contribution >= 0.6 is 11.6 Å². The molecular formula is C17H19ClN2O4. The number of ether oxygens (including phenoxy) is 2. The third-order valence-electron chi connectivity index (χ3n) is 3.76. The first-order valence-electron chi connectivity index (χ1n) is 7.78. The molecule has 1 aliphatic heterocycles. The molecule has 0 spiro atoms. The maximum atomic E-state index is 12.3. The lowest BCUT2D eigenvalue weighted by Crippen LogP contribution is -2.18. The van der Waals surface area contributed by atoms with Crippen LogP contribution in [0.25, 0.3) is 0 Å². The lowest BCUT2D eigenvalue weighted by molar-refractivity contribution is 0.0682. The van der Waals surface area contributed by atoms with Crippen LogP contribution in [0.15, 0.2) is 34.9 Å². The van der Waals surface area contributed by atoms with Crippen LogP contribution in [0.1, 0.15) is 29.0 Å². The third-order valence-corrected chi connectivity index (χ3v) is 3.99. The molecule has 0 saturated carbocycles. The molecule has 1 unspecified atom stereocenters. The summed E-state index contributed by atoms with van der Waals surface area (Å²) in [6.07, 6.45) is 3.48. The SMILES string of the molecule is NCc1cc(C(=O)Nc2cc(Cl)ccc2OCC2CCCO2)co1. The van der Waals surface area contributed by atoms with Gasteiger partial charge in [0.05, 0.1) is 23.9 Å². The van der Waals surface area contributed by atoms with Crippen molar-refractivity contribution in [2.45, 2.75) is 25.5 Å². The number of nitrogens with two attached hydrogens (primary N) is 1. The molecule has 1 saturated heterocycles. The molecule has 7 heteroatoms. The number of carbonyl (C=O) groups is 1. The lowest BCUT2D eigenvalue weighted by atomic mass is 10.2. The molecule has 0 bridgehead atoms. The number of halogens is 1. The van der Waals surface area contributed by atoms with E-state index in [1.807, 2.05) is 0 Å². The van der Waals surface area contributed by atoms with Crippen molar-refractivity contribution in [3.63, 3.8) is 0 Å². The van der Waals surface area contributed by atoms with Crippen molar-refractivity contribution in [3.05, 3.63) is 46.9 Å². The highest BCUT2D eigenvalue weighted by Gasteiger charge is 2.18. The molecule has 3 rings (SSSR count). The Labute approximate surface area is 144 Å². The highest BCUT2D eigenvalue weighted by molar-refractivity contribution is 6.31. The molecule has 6 nitrogen and oxygen atoms in total. The molecule has 2 aromatic rings. The fraction of sp³-hybridized carbons (Fsp3) is 0.353. The van der Waals surface area contributed by atoms with Crippen LogP contribution in [0.5, 0.6) is 5.75 Å². The molecule has 1 atom stereocenters. The van der Waals surface area contributed by atoms with Crippen molar-refractivity contribution in [1.82, 2.24) is 0 Å². The van der Waals surface area contributed by atoms with Crippen LogP contribution in [0.2, 0.25) is 5.02 Å². The van der Waals surface area contributed by atoms with Gasteiger partial charge in [-0.3, -0.25) is 4.79 Å². The molecule has 1 amide bonds. The highest BCUT2D eigenvalue weighted by Crippen LogP contribution is 2.29. The topological polar surface area (TPSA) is 86.7 Å². The second-order valence-electron chi connectivity index (χ2n) is 5.55. The van der Waals surface area contributed by atoms with E-state index in [1.54, 1.807) is 24.3 Å². The first-order chi connectivity index (χ1) is 11.7. The van der Waals surface area contributed by atoms with Crippen LogP contribution in [0, 0.1) is 0 Å². The summed E-state index contributed by atoms with van der Waals surface area (Å²) in [6.45, 7) is 1.44. The fourth-order valence-electron chi connectivity index (χ4n) is 2.49. The summed E-state index contributed by atoms with van der Waals surface area (Å²) in [5.74, 6) is 0.773. The summed E-state index contributed by atoms with van der Waals surface area (Å²) in [6, 6.07) is 6.70. The Bertz CT molecular complexity index is 710. The van der Waals surface area contributed by atoms with E-state index in [0.717, 1.165) is 19.4 Å². The van der Waals surface area contributed by atoms with Gasteiger partial charge in [-0.05, 0) is 37.1 Å². The van der Waals surface area contributed by atoms with Crippen LogP contribution in [-0.4, -0.2) is 25.2 Å². The van der Waals surface area contributed by atoms with Crippen molar-refractivity contribution in [1.29, 1.82) is 0 Å². The average molecular weight is 351 g/mol. The van der Waals surface area contributed by atoms with Gasteiger partial charge in [-0.2, -0.15) is 0 Å². The van der Waals surface area contributed by atoms with Crippen molar-refractivity contribution < 1.29 is 18.7 Å². The number of amides is 1. The summed E-state index contributed by atoms with van der Waals surface area (Å²) in [7, 11) is 0. The molecule has 24 heavy (non-hydrogen) atoms. The molecule has 1 aromatic heterocycles. The maximum Gasteiger partial charge on any atom is 0.259 e. The Balaban J connectivity index is 1.70. The zero-order valence-corrected chi connectivity index (χ0v) is 13.8. The summed E-state index contributed by atoms with van der Waals surface area (Å²) < 4.78 is 16.5. The minimum atomic E-state index is -0.317. The molecule has 128 valence electrons. The summed E-state index contributed by atoms with van der Waals surface area (Å²) in [5, 5.41) is 3.29. The van der Waals surface area contributed by atoms with Crippen LogP contribution in [0.3, 0.4) is 0 Å². The predicted molar refractivity (Wildman–Crippen MR) is 90.5 cm³/mol. The zero-order valence-electron chi connectivity index (χ0n) is 13.1. The normalized spacial score (nSPS) is 17.0. The third kappa shape index (κ3) is 4.08. The van der Waals surface area contributed by atoms with E-state index in [1.165, 1.54) is 6.26 Å². The minimum absolute atomic E-state index is 0.0882. The van der Waals surface area contributed by atoms with E-state index in [2.05, 4.69) is 5.32 Å². The molecule has 0 radical (unpaired) electrons. The van der Waals surface area contributed by atoms with E-state index >= 15 is 0 Å². The number of hydrogen-bond acceptors (Lipinski definition) is 5. The van der Waals surface area contributed by atoms with Crippen molar-refractivity contribution >= 4 is 23.2 Å². The van der Waals surface area contributed by atoms with Gasteiger partial charge in [0.25, 0.3) is 5.91 Å². The fourth-order valence-corrected chi connectivity index (χ4v) is 2.66.